The summed E-state index contributed by atoms with van der Waals surface area (Å²) in [5.41, 5.74) is 3.31. The number of carbonyl (C=O) groups is 1. The maximum Gasteiger partial charge on any atom is 0.252 e. The van der Waals surface area contributed by atoms with Gasteiger partial charge in [0.1, 0.15) is 17.4 Å². The van der Waals surface area contributed by atoms with Gasteiger partial charge in [-0.15, -0.1) is 0 Å². The summed E-state index contributed by atoms with van der Waals surface area (Å²) < 4.78 is 11.2. The molecular formula is C24H21NO3. The fourth-order valence-electron chi connectivity index (χ4n) is 3.29. The average Bonchev–Trinajstić information content (AvgIpc) is 3.17. The van der Waals surface area contributed by atoms with Crippen LogP contribution in [0.3, 0.4) is 0 Å². The van der Waals surface area contributed by atoms with Gasteiger partial charge in [-0.2, -0.15) is 0 Å². The Morgan fingerprint density at radius 1 is 0.964 bits per heavy atom. The second-order valence-electron chi connectivity index (χ2n) is 6.64. The number of fused-ring (bicyclic) bond motifs is 1. The molecule has 1 atom stereocenters. The maximum absolute atomic E-state index is 13.0. The molecule has 3 aromatic carbocycles. The fourth-order valence-corrected chi connectivity index (χ4v) is 3.29. The molecule has 0 bridgehead atoms. The van der Waals surface area contributed by atoms with Crippen molar-refractivity contribution in [3.8, 4) is 0 Å². The first-order chi connectivity index (χ1) is 13.7. The van der Waals surface area contributed by atoms with Gasteiger partial charge < -0.3 is 14.5 Å². The number of nitrogens with one attached hydrogen (secondary N) is 1. The zero-order valence-electron chi connectivity index (χ0n) is 15.6. The Hall–Kier alpha value is -3.37. The molecule has 0 spiro atoms. The molecule has 4 rings (SSSR count). The summed E-state index contributed by atoms with van der Waals surface area (Å²) in [5, 5.41) is 4.13. The second-order valence-corrected chi connectivity index (χ2v) is 6.64. The van der Waals surface area contributed by atoms with Crippen molar-refractivity contribution < 1.29 is 13.9 Å². The molecule has 1 N–H and O–H groups in total. The summed E-state index contributed by atoms with van der Waals surface area (Å²) in [6, 6.07) is 26.7. The number of carbonyl (C=O) groups excluding carboxylic acids is 1. The standard InChI is InChI=1S/C24H21NO3/c1-27-16-17-8-7-12-20(14-17)24(26)25-23(18-9-3-2-4-10-18)22-15-19-11-5-6-13-21(19)28-22/h2-15,23H,16H2,1H3,(H,25,26). The van der Waals surface area contributed by atoms with Crippen LogP contribution in [0.15, 0.2) is 89.3 Å². The molecular weight excluding hydrogens is 350 g/mol. The van der Waals surface area contributed by atoms with E-state index in [0.29, 0.717) is 17.9 Å². The van der Waals surface area contributed by atoms with Gasteiger partial charge in [-0.3, -0.25) is 4.79 Å². The molecule has 1 unspecified atom stereocenters. The number of hydrogen-bond donors (Lipinski definition) is 1. The van der Waals surface area contributed by atoms with Gasteiger partial charge in [0.15, 0.2) is 0 Å². The Morgan fingerprint density at radius 3 is 2.54 bits per heavy atom. The first-order valence-electron chi connectivity index (χ1n) is 9.17. The SMILES string of the molecule is COCc1cccc(C(=O)NC(c2ccccc2)c2cc3ccccc3o2)c1. The van der Waals surface area contributed by atoms with E-state index in [1.54, 1.807) is 13.2 Å². The lowest BCUT2D eigenvalue weighted by atomic mass is 10.0. The van der Waals surface area contributed by atoms with Crippen LogP contribution in [-0.2, 0) is 11.3 Å². The third-order valence-corrected chi connectivity index (χ3v) is 4.64. The Balaban J connectivity index is 1.68. The number of amides is 1. The molecule has 1 aromatic heterocycles. The van der Waals surface area contributed by atoms with Crippen LogP contribution in [0.2, 0.25) is 0 Å². The van der Waals surface area contributed by atoms with Gasteiger partial charge in [-0.1, -0.05) is 60.7 Å². The molecule has 1 heterocycles. The van der Waals surface area contributed by atoms with Crippen molar-refractivity contribution in [2.24, 2.45) is 0 Å². The number of methoxy groups -OCH3 is 1. The zero-order valence-corrected chi connectivity index (χ0v) is 15.6. The minimum atomic E-state index is -0.382. The lowest BCUT2D eigenvalue weighted by Crippen LogP contribution is -2.29. The molecule has 0 saturated carbocycles. The van der Waals surface area contributed by atoms with Crippen LogP contribution in [0.4, 0.5) is 0 Å². The largest absolute Gasteiger partial charge is 0.459 e. The third kappa shape index (κ3) is 3.82. The van der Waals surface area contributed by atoms with Crippen LogP contribution in [0.25, 0.3) is 11.0 Å². The molecule has 140 valence electrons. The van der Waals surface area contributed by atoms with E-state index in [1.165, 1.54) is 0 Å². The molecule has 4 aromatic rings. The van der Waals surface area contributed by atoms with Crippen molar-refractivity contribution >= 4 is 16.9 Å². The van der Waals surface area contributed by atoms with Crippen molar-refractivity contribution in [1.82, 2.24) is 5.32 Å². The summed E-state index contributed by atoms with van der Waals surface area (Å²) in [6.45, 7) is 0.465. The summed E-state index contributed by atoms with van der Waals surface area (Å²) in [4.78, 5) is 13.0. The van der Waals surface area contributed by atoms with Crippen LogP contribution in [0, 0.1) is 0 Å². The maximum atomic E-state index is 13.0. The van der Waals surface area contributed by atoms with E-state index in [1.807, 2.05) is 78.9 Å². The van der Waals surface area contributed by atoms with Crippen molar-refractivity contribution in [2.45, 2.75) is 12.6 Å². The highest BCUT2D eigenvalue weighted by Crippen LogP contribution is 2.28. The molecule has 0 aliphatic heterocycles. The highest BCUT2D eigenvalue weighted by molar-refractivity contribution is 5.95. The van der Waals surface area contributed by atoms with Gasteiger partial charge >= 0.3 is 0 Å². The molecule has 0 aliphatic rings. The van der Waals surface area contributed by atoms with Gasteiger partial charge in [-0.25, -0.2) is 0 Å². The quantitative estimate of drug-likeness (QED) is 0.513. The second kappa shape index (κ2) is 8.11. The van der Waals surface area contributed by atoms with Crippen molar-refractivity contribution in [2.75, 3.05) is 7.11 Å². The topological polar surface area (TPSA) is 51.5 Å². The van der Waals surface area contributed by atoms with Crippen molar-refractivity contribution in [1.29, 1.82) is 0 Å². The van der Waals surface area contributed by atoms with E-state index in [0.717, 1.165) is 22.1 Å². The highest BCUT2D eigenvalue weighted by atomic mass is 16.5. The average molecular weight is 371 g/mol. The van der Waals surface area contributed by atoms with Crippen LogP contribution in [0.1, 0.15) is 33.3 Å². The van der Waals surface area contributed by atoms with E-state index in [-0.39, 0.29) is 11.9 Å². The van der Waals surface area contributed by atoms with E-state index in [4.69, 9.17) is 9.15 Å². The number of hydrogen-bond acceptors (Lipinski definition) is 3. The van der Waals surface area contributed by atoms with E-state index >= 15 is 0 Å². The normalized spacial score (nSPS) is 12.0. The molecule has 0 saturated heterocycles. The molecule has 4 heteroatoms. The summed E-state index contributed by atoms with van der Waals surface area (Å²) >= 11 is 0. The van der Waals surface area contributed by atoms with E-state index in [2.05, 4.69) is 5.32 Å². The first kappa shape index (κ1) is 18.0. The lowest BCUT2D eigenvalue weighted by molar-refractivity contribution is 0.0939. The Labute approximate surface area is 163 Å². The van der Waals surface area contributed by atoms with Crippen LogP contribution < -0.4 is 5.32 Å². The third-order valence-electron chi connectivity index (χ3n) is 4.64. The fraction of sp³-hybridized carbons (Fsp3) is 0.125. The van der Waals surface area contributed by atoms with Crippen LogP contribution in [-0.4, -0.2) is 13.0 Å². The summed E-state index contributed by atoms with van der Waals surface area (Å²) in [6.07, 6.45) is 0. The van der Waals surface area contributed by atoms with Gasteiger partial charge in [-0.05, 0) is 35.4 Å². The molecule has 0 radical (unpaired) electrons. The number of rotatable bonds is 6. The molecule has 4 nitrogen and oxygen atoms in total. The smallest absolute Gasteiger partial charge is 0.252 e. The predicted molar refractivity (Wildman–Crippen MR) is 109 cm³/mol. The Bertz CT molecular complexity index is 1050. The molecule has 0 aliphatic carbocycles. The van der Waals surface area contributed by atoms with Gasteiger partial charge in [0.05, 0.1) is 6.61 Å². The number of furan rings is 1. The molecule has 1 amide bonds. The Morgan fingerprint density at radius 2 is 1.75 bits per heavy atom. The highest BCUT2D eigenvalue weighted by Gasteiger charge is 2.21. The van der Waals surface area contributed by atoms with Gasteiger partial charge in [0, 0.05) is 18.1 Å². The van der Waals surface area contributed by atoms with Crippen LogP contribution in [0.5, 0.6) is 0 Å². The number of benzene rings is 3. The van der Waals surface area contributed by atoms with Gasteiger partial charge in [0.25, 0.3) is 5.91 Å². The van der Waals surface area contributed by atoms with E-state index < -0.39 is 0 Å². The predicted octanol–water partition coefficient (Wildman–Crippen LogP) is 5.10. The van der Waals surface area contributed by atoms with Crippen molar-refractivity contribution in [3.63, 3.8) is 0 Å². The minimum Gasteiger partial charge on any atom is -0.459 e. The summed E-state index contributed by atoms with van der Waals surface area (Å²) in [5.74, 6) is 0.543. The lowest BCUT2D eigenvalue weighted by Gasteiger charge is -2.17. The molecule has 0 fully saturated rings. The first-order valence-corrected chi connectivity index (χ1v) is 9.17. The molecule has 28 heavy (non-hydrogen) atoms. The number of ether oxygens (including phenoxy) is 1. The zero-order chi connectivity index (χ0) is 19.3. The minimum absolute atomic E-state index is 0.160. The van der Waals surface area contributed by atoms with Gasteiger partial charge in [0.2, 0.25) is 0 Å². The van der Waals surface area contributed by atoms with Crippen molar-refractivity contribution in [3.05, 3.63) is 107 Å². The van der Waals surface area contributed by atoms with Crippen LogP contribution >= 0.6 is 0 Å². The Kier molecular flexibility index (Phi) is 5.22. The summed E-state index contributed by atoms with van der Waals surface area (Å²) in [7, 11) is 1.64. The van der Waals surface area contributed by atoms with E-state index in [9.17, 15) is 4.79 Å². The number of para-hydroxylation sites is 1. The monoisotopic (exact) mass is 371 g/mol.